The topological polar surface area (TPSA) is 66.0 Å². The van der Waals surface area contributed by atoms with Crippen molar-refractivity contribution in [3.05, 3.63) is 119 Å². The van der Waals surface area contributed by atoms with E-state index < -0.39 is 5.97 Å². The van der Waals surface area contributed by atoms with E-state index in [1.54, 1.807) is 6.08 Å². The van der Waals surface area contributed by atoms with Gasteiger partial charge in [-0.2, -0.15) is 5.10 Å². The van der Waals surface area contributed by atoms with Gasteiger partial charge >= 0.3 is 5.97 Å². The predicted molar refractivity (Wildman–Crippen MR) is 139 cm³/mol. The lowest BCUT2D eigenvalue weighted by Gasteiger charge is -2.17. The molecule has 1 aromatic heterocycles. The molecule has 34 heavy (non-hydrogen) atoms. The Labute approximate surface area is 197 Å². The number of benzene rings is 4. The molecular weight excluding hydrogens is 420 g/mol. The Morgan fingerprint density at radius 1 is 0.853 bits per heavy atom. The van der Waals surface area contributed by atoms with Crippen LogP contribution in [0.25, 0.3) is 38.9 Å². The lowest BCUT2D eigenvalue weighted by Crippen LogP contribution is -1.95. The van der Waals surface area contributed by atoms with Crippen molar-refractivity contribution in [2.45, 2.75) is 13.3 Å². The molecule has 0 aliphatic heterocycles. The number of carbonyl (C=O) groups is 1. The van der Waals surface area contributed by atoms with Gasteiger partial charge in [-0.05, 0) is 80.9 Å². The van der Waals surface area contributed by atoms with Crippen LogP contribution in [0, 0.1) is 0 Å². The van der Waals surface area contributed by atoms with Crippen LogP contribution in [0.1, 0.15) is 35.6 Å². The van der Waals surface area contributed by atoms with Crippen LogP contribution in [0.15, 0.2) is 97.2 Å². The van der Waals surface area contributed by atoms with Gasteiger partial charge in [0.15, 0.2) is 0 Å². The largest absolute Gasteiger partial charge is 0.478 e. The molecule has 0 saturated carbocycles. The van der Waals surface area contributed by atoms with Gasteiger partial charge in [0, 0.05) is 11.5 Å². The molecule has 5 aromatic rings. The number of carboxylic acid groups (broad SMARTS) is 1. The summed E-state index contributed by atoms with van der Waals surface area (Å²) in [5.74, 6) is -0.951. The molecular formula is C30H24N2O2. The molecule has 5 rings (SSSR count). The normalized spacial score (nSPS) is 12.4. The maximum absolute atomic E-state index is 10.9. The summed E-state index contributed by atoms with van der Waals surface area (Å²) in [5, 5.41) is 19.4. The third kappa shape index (κ3) is 4.26. The summed E-state index contributed by atoms with van der Waals surface area (Å²) in [4.78, 5) is 10.9. The van der Waals surface area contributed by atoms with Crippen molar-refractivity contribution in [2.24, 2.45) is 0 Å². The van der Waals surface area contributed by atoms with Crippen LogP contribution in [-0.4, -0.2) is 21.3 Å². The van der Waals surface area contributed by atoms with E-state index in [4.69, 9.17) is 5.11 Å². The van der Waals surface area contributed by atoms with Crippen LogP contribution in [0.4, 0.5) is 0 Å². The van der Waals surface area contributed by atoms with E-state index in [2.05, 4.69) is 77.8 Å². The zero-order chi connectivity index (χ0) is 23.5. The fourth-order valence-corrected chi connectivity index (χ4v) is 4.47. The lowest BCUT2D eigenvalue weighted by atomic mass is 9.87. The number of aromatic amines is 1. The number of aliphatic carboxylic acids is 1. The minimum atomic E-state index is -0.951. The Balaban J connectivity index is 1.70. The number of H-pyrrole nitrogens is 1. The first-order chi connectivity index (χ1) is 16.6. The van der Waals surface area contributed by atoms with Crippen LogP contribution in [-0.2, 0) is 4.79 Å². The van der Waals surface area contributed by atoms with Crippen molar-refractivity contribution in [3.63, 3.8) is 0 Å². The highest BCUT2D eigenvalue weighted by molar-refractivity contribution is 6.02. The van der Waals surface area contributed by atoms with Gasteiger partial charge in [-0.25, -0.2) is 4.79 Å². The molecule has 0 atom stereocenters. The molecule has 0 bridgehead atoms. The summed E-state index contributed by atoms with van der Waals surface area (Å²) in [6.45, 7) is 2.20. The van der Waals surface area contributed by atoms with Gasteiger partial charge in [-0.1, -0.05) is 67.6 Å². The first kappa shape index (κ1) is 21.4. The quantitative estimate of drug-likeness (QED) is 0.215. The Kier molecular flexibility index (Phi) is 5.79. The van der Waals surface area contributed by atoms with Gasteiger partial charge in [-0.3, -0.25) is 5.10 Å². The van der Waals surface area contributed by atoms with Crippen molar-refractivity contribution < 1.29 is 9.90 Å². The van der Waals surface area contributed by atoms with Gasteiger partial charge in [0.2, 0.25) is 0 Å². The Morgan fingerprint density at radius 2 is 1.56 bits per heavy atom. The van der Waals surface area contributed by atoms with E-state index in [-0.39, 0.29) is 0 Å². The fraction of sp³-hybridized carbons (Fsp3) is 0.0667. The minimum absolute atomic E-state index is 0.863. The Hall–Kier alpha value is -4.44. The molecule has 0 radical (unpaired) electrons. The Bertz CT molecular complexity index is 1560. The second-order valence-electron chi connectivity index (χ2n) is 8.24. The Morgan fingerprint density at radius 3 is 2.32 bits per heavy atom. The molecule has 0 unspecified atom stereocenters. The molecule has 166 valence electrons. The third-order valence-electron chi connectivity index (χ3n) is 6.08. The van der Waals surface area contributed by atoms with Crippen LogP contribution < -0.4 is 0 Å². The zero-order valence-electron chi connectivity index (χ0n) is 18.8. The fourth-order valence-electron chi connectivity index (χ4n) is 4.47. The van der Waals surface area contributed by atoms with Gasteiger partial charge in [0.25, 0.3) is 0 Å². The maximum atomic E-state index is 10.9. The average Bonchev–Trinajstić information content (AvgIpc) is 3.34. The molecule has 0 spiro atoms. The number of nitrogens with one attached hydrogen (secondary N) is 1. The summed E-state index contributed by atoms with van der Waals surface area (Å²) in [6.07, 6.45) is 5.53. The van der Waals surface area contributed by atoms with Crippen LogP contribution >= 0.6 is 0 Å². The van der Waals surface area contributed by atoms with Gasteiger partial charge in [-0.15, -0.1) is 0 Å². The first-order valence-electron chi connectivity index (χ1n) is 11.3. The van der Waals surface area contributed by atoms with Gasteiger partial charge in [0.05, 0.1) is 11.7 Å². The molecule has 1 heterocycles. The van der Waals surface area contributed by atoms with Crippen molar-refractivity contribution in [3.8, 4) is 0 Å². The van der Waals surface area contributed by atoms with Crippen molar-refractivity contribution in [1.29, 1.82) is 0 Å². The van der Waals surface area contributed by atoms with Crippen molar-refractivity contribution >= 4 is 44.9 Å². The lowest BCUT2D eigenvalue weighted by molar-refractivity contribution is -0.131. The summed E-state index contributed by atoms with van der Waals surface area (Å²) < 4.78 is 0. The highest BCUT2D eigenvalue weighted by Crippen LogP contribution is 2.36. The number of hydrogen-bond donors (Lipinski definition) is 2. The average molecular weight is 445 g/mol. The van der Waals surface area contributed by atoms with E-state index in [1.165, 1.54) is 16.7 Å². The first-order valence-corrected chi connectivity index (χ1v) is 11.3. The van der Waals surface area contributed by atoms with Gasteiger partial charge < -0.3 is 5.11 Å². The molecule has 4 nitrogen and oxygen atoms in total. The number of allylic oxidation sites excluding steroid dienone is 1. The minimum Gasteiger partial charge on any atom is -0.478 e. The smallest absolute Gasteiger partial charge is 0.328 e. The molecule has 0 fully saturated rings. The molecule has 4 aromatic carbocycles. The number of rotatable bonds is 6. The molecule has 2 N–H and O–H groups in total. The van der Waals surface area contributed by atoms with Crippen LogP contribution in [0.2, 0.25) is 0 Å². The molecule has 0 aliphatic rings. The number of carboxylic acids is 1. The standard InChI is InChI=1S/C30H24N2O2/c1-2-27(21-6-4-3-5-7-21)30(25-13-14-28-26(18-25)19-31-32-28)24-12-11-22-16-20(9-15-29(33)34)8-10-23(22)17-24/h3-19H,2H2,1H3,(H,31,32)(H,33,34). The van der Waals surface area contributed by atoms with Crippen molar-refractivity contribution in [2.75, 3.05) is 0 Å². The van der Waals surface area contributed by atoms with Crippen LogP contribution in [0.3, 0.4) is 0 Å². The molecule has 0 amide bonds. The van der Waals surface area contributed by atoms with E-state index in [1.807, 2.05) is 30.5 Å². The highest BCUT2D eigenvalue weighted by Gasteiger charge is 2.14. The summed E-state index contributed by atoms with van der Waals surface area (Å²) in [5.41, 5.74) is 7.86. The SMILES string of the molecule is CCC(=C(c1ccc2cc(C=CC(=O)O)ccc2c1)c1ccc2[nH]ncc2c1)c1ccccc1. The third-order valence-corrected chi connectivity index (χ3v) is 6.08. The maximum Gasteiger partial charge on any atom is 0.328 e. The summed E-state index contributed by atoms with van der Waals surface area (Å²) >= 11 is 0. The van der Waals surface area contributed by atoms with E-state index in [0.29, 0.717) is 0 Å². The number of aromatic nitrogens is 2. The summed E-state index contributed by atoms with van der Waals surface area (Å²) in [6, 6.07) is 29.4. The predicted octanol–water partition coefficient (Wildman–Crippen LogP) is 7.18. The van der Waals surface area contributed by atoms with Gasteiger partial charge in [0.1, 0.15) is 0 Å². The molecule has 4 heteroatoms. The second-order valence-corrected chi connectivity index (χ2v) is 8.24. The van der Waals surface area contributed by atoms with Crippen LogP contribution in [0.5, 0.6) is 0 Å². The number of hydrogen-bond acceptors (Lipinski definition) is 2. The molecule has 0 saturated heterocycles. The molecule has 0 aliphatic carbocycles. The van der Waals surface area contributed by atoms with E-state index in [9.17, 15) is 4.79 Å². The monoisotopic (exact) mass is 444 g/mol. The summed E-state index contributed by atoms with van der Waals surface area (Å²) in [7, 11) is 0. The second kappa shape index (κ2) is 9.20. The highest BCUT2D eigenvalue weighted by atomic mass is 16.4. The van der Waals surface area contributed by atoms with E-state index >= 15 is 0 Å². The number of fused-ring (bicyclic) bond motifs is 2. The van der Waals surface area contributed by atoms with Crippen molar-refractivity contribution in [1.82, 2.24) is 10.2 Å². The zero-order valence-corrected chi connectivity index (χ0v) is 18.8. The number of nitrogens with zero attached hydrogens (tertiary/aromatic N) is 1. The van der Waals surface area contributed by atoms with E-state index in [0.717, 1.165) is 50.9 Å².